The van der Waals surface area contributed by atoms with E-state index in [0.29, 0.717) is 0 Å². The Kier molecular flexibility index (Phi) is 1.99. The van der Waals surface area contributed by atoms with E-state index in [9.17, 15) is 0 Å². The van der Waals surface area contributed by atoms with Crippen molar-refractivity contribution >= 4 is 11.8 Å². The Hall–Kier alpha value is -0.700. The Morgan fingerprint density at radius 3 is 3.64 bits per heavy atom. The van der Waals surface area contributed by atoms with Crippen molar-refractivity contribution in [2.45, 2.75) is 11.3 Å². The summed E-state index contributed by atoms with van der Waals surface area (Å²) in [6.45, 7) is 0.811. The van der Waals surface area contributed by atoms with Gasteiger partial charge in [0.05, 0.1) is 23.9 Å². The predicted octanol–water partition coefficient (Wildman–Crippen LogP) is 1.76. The molecule has 0 saturated carbocycles. The minimum Gasteiger partial charge on any atom is -0.491 e. The maximum absolute atomic E-state index is 5.45. The van der Waals surface area contributed by atoms with Crippen LogP contribution in [0.1, 0.15) is 6.42 Å². The third kappa shape index (κ3) is 1.48. The van der Waals surface area contributed by atoms with E-state index in [0.717, 1.165) is 29.4 Å². The Morgan fingerprint density at radius 1 is 1.64 bits per heavy atom. The van der Waals surface area contributed by atoms with Crippen molar-refractivity contribution in [1.82, 2.24) is 4.98 Å². The molecule has 1 radical (unpaired) electrons. The van der Waals surface area contributed by atoms with Gasteiger partial charge in [-0.3, -0.25) is 4.98 Å². The van der Waals surface area contributed by atoms with Gasteiger partial charge >= 0.3 is 0 Å². The highest BCUT2D eigenvalue weighted by Gasteiger charge is 2.07. The van der Waals surface area contributed by atoms with Gasteiger partial charge in [-0.05, 0) is 12.5 Å². The number of aromatic nitrogens is 1. The second-order valence-corrected chi connectivity index (χ2v) is 3.45. The SMILES string of the molecule is [c]1cc2c(cn1)OCCCS2. The van der Waals surface area contributed by atoms with Crippen molar-refractivity contribution < 1.29 is 4.74 Å². The van der Waals surface area contributed by atoms with Crippen LogP contribution in [-0.4, -0.2) is 17.3 Å². The summed E-state index contributed by atoms with van der Waals surface area (Å²) >= 11 is 1.81. The molecule has 0 aromatic carbocycles. The Morgan fingerprint density at radius 2 is 2.64 bits per heavy atom. The summed E-state index contributed by atoms with van der Waals surface area (Å²) in [6, 6.07) is 1.88. The first-order valence-corrected chi connectivity index (χ1v) is 4.57. The molecule has 2 rings (SSSR count). The van der Waals surface area contributed by atoms with Crippen LogP contribution >= 0.6 is 11.8 Å². The number of fused-ring (bicyclic) bond motifs is 1. The zero-order valence-corrected chi connectivity index (χ0v) is 6.86. The van der Waals surface area contributed by atoms with E-state index in [1.54, 1.807) is 6.20 Å². The molecule has 0 fully saturated rings. The monoisotopic (exact) mass is 166 g/mol. The average Bonchev–Trinajstić information content (AvgIpc) is 2.28. The largest absolute Gasteiger partial charge is 0.491 e. The maximum atomic E-state index is 5.45. The summed E-state index contributed by atoms with van der Waals surface area (Å²) in [5.74, 6) is 2.04. The lowest BCUT2D eigenvalue weighted by Gasteiger charge is -2.02. The molecule has 0 atom stereocenters. The summed E-state index contributed by atoms with van der Waals surface area (Å²) in [7, 11) is 0. The summed E-state index contributed by atoms with van der Waals surface area (Å²) in [5.41, 5.74) is 0. The van der Waals surface area contributed by atoms with Crippen molar-refractivity contribution in [3.05, 3.63) is 18.5 Å². The summed E-state index contributed by atoms with van der Waals surface area (Å²) < 4.78 is 5.45. The highest BCUT2D eigenvalue weighted by atomic mass is 32.2. The summed E-state index contributed by atoms with van der Waals surface area (Å²) in [4.78, 5) is 5.04. The fraction of sp³-hybridized carbons (Fsp3) is 0.375. The van der Waals surface area contributed by atoms with Crippen LogP contribution in [-0.2, 0) is 0 Å². The van der Waals surface area contributed by atoms with Crippen molar-refractivity contribution in [2.75, 3.05) is 12.4 Å². The molecule has 2 heterocycles. The van der Waals surface area contributed by atoms with Crippen LogP contribution in [0.3, 0.4) is 0 Å². The Labute approximate surface area is 70.0 Å². The van der Waals surface area contributed by atoms with E-state index in [1.807, 2.05) is 17.8 Å². The number of ether oxygens (including phenoxy) is 1. The van der Waals surface area contributed by atoms with Gasteiger partial charge in [-0.2, -0.15) is 0 Å². The number of pyridine rings is 1. The van der Waals surface area contributed by atoms with Gasteiger partial charge in [0.25, 0.3) is 0 Å². The van der Waals surface area contributed by atoms with E-state index in [-0.39, 0.29) is 0 Å². The molecule has 1 aromatic heterocycles. The highest BCUT2D eigenvalue weighted by Crippen LogP contribution is 2.30. The molecular formula is C8H8NOS. The molecule has 1 aromatic rings. The first kappa shape index (κ1) is 6.98. The molecule has 57 valence electrons. The van der Waals surface area contributed by atoms with Crippen molar-refractivity contribution in [3.8, 4) is 5.75 Å². The quantitative estimate of drug-likeness (QED) is 0.586. The number of nitrogens with zero attached hydrogens (tertiary/aromatic N) is 1. The van der Waals surface area contributed by atoms with E-state index in [1.165, 1.54) is 0 Å². The van der Waals surface area contributed by atoms with Crippen LogP contribution in [0.25, 0.3) is 0 Å². The van der Waals surface area contributed by atoms with Crippen molar-refractivity contribution in [1.29, 1.82) is 0 Å². The highest BCUT2D eigenvalue weighted by molar-refractivity contribution is 7.99. The summed E-state index contributed by atoms with van der Waals surface area (Å²) in [5, 5.41) is 0. The zero-order chi connectivity index (χ0) is 7.52. The number of rotatable bonds is 0. The first-order valence-electron chi connectivity index (χ1n) is 3.58. The fourth-order valence-corrected chi connectivity index (χ4v) is 1.84. The minimum absolute atomic E-state index is 0.811. The van der Waals surface area contributed by atoms with Gasteiger partial charge in [-0.25, -0.2) is 0 Å². The van der Waals surface area contributed by atoms with Crippen LogP contribution in [0, 0.1) is 6.20 Å². The topological polar surface area (TPSA) is 22.1 Å². The van der Waals surface area contributed by atoms with E-state index in [4.69, 9.17) is 4.74 Å². The van der Waals surface area contributed by atoms with Crippen molar-refractivity contribution in [3.63, 3.8) is 0 Å². The minimum atomic E-state index is 0.811. The van der Waals surface area contributed by atoms with Gasteiger partial charge in [0.1, 0.15) is 0 Å². The van der Waals surface area contributed by atoms with Crippen LogP contribution in [0.5, 0.6) is 5.75 Å². The van der Waals surface area contributed by atoms with Crippen LogP contribution in [0.4, 0.5) is 0 Å². The normalized spacial score (nSPS) is 16.4. The maximum Gasteiger partial charge on any atom is 0.151 e. The Bertz CT molecular complexity index is 227. The van der Waals surface area contributed by atoms with E-state index >= 15 is 0 Å². The molecule has 1 aliphatic heterocycles. The molecule has 0 bridgehead atoms. The number of hydrogen-bond acceptors (Lipinski definition) is 3. The molecule has 1 aliphatic rings. The molecule has 11 heavy (non-hydrogen) atoms. The second kappa shape index (κ2) is 3.13. The molecule has 0 amide bonds. The van der Waals surface area contributed by atoms with E-state index in [2.05, 4.69) is 11.2 Å². The molecule has 0 N–H and O–H groups in total. The lowest BCUT2D eigenvalue weighted by atomic mass is 10.4. The van der Waals surface area contributed by atoms with Gasteiger partial charge in [0.2, 0.25) is 0 Å². The van der Waals surface area contributed by atoms with Gasteiger partial charge in [-0.1, -0.05) is 0 Å². The number of thioether (sulfide) groups is 1. The second-order valence-electron chi connectivity index (χ2n) is 2.31. The molecule has 0 aliphatic carbocycles. The lowest BCUT2D eigenvalue weighted by Crippen LogP contribution is -1.95. The molecule has 0 spiro atoms. The molecule has 2 nitrogen and oxygen atoms in total. The molecule has 0 unspecified atom stereocenters. The van der Waals surface area contributed by atoms with Crippen LogP contribution < -0.4 is 4.74 Å². The molecule has 0 saturated heterocycles. The summed E-state index contributed by atoms with van der Waals surface area (Å²) in [6.07, 6.45) is 5.64. The number of hydrogen-bond donors (Lipinski definition) is 0. The fourth-order valence-electron chi connectivity index (χ4n) is 0.971. The molecular weight excluding hydrogens is 158 g/mol. The molecule has 3 heteroatoms. The van der Waals surface area contributed by atoms with Gasteiger partial charge in [0.15, 0.2) is 5.75 Å². The van der Waals surface area contributed by atoms with Gasteiger partial charge < -0.3 is 4.74 Å². The van der Waals surface area contributed by atoms with Gasteiger partial charge in [-0.15, -0.1) is 11.8 Å². The van der Waals surface area contributed by atoms with Crippen LogP contribution in [0.15, 0.2) is 17.2 Å². The standard InChI is InChI=1S/C8H8NOS/c1-4-10-7-6-9-3-2-8(7)11-5-1/h2,6H,1,4-5H2. The van der Waals surface area contributed by atoms with Gasteiger partial charge in [0, 0.05) is 5.75 Å². The Balaban J connectivity index is 2.33. The first-order chi connectivity index (χ1) is 5.47. The average molecular weight is 166 g/mol. The van der Waals surface area contributed by atoms with E-state index < -0.39 is 0 Å². The zero-order valence-electron chi connectivity index (χ0n) is 6.04. The third-order valence-electron chi connectivity index (χ3n) is 1.50. The van der Waals surface area contributed by atoms with Crippen LogP contribution in [0.2, 0.25) is 0 Å². The van der Waals surface area contributed by atoms with Crippen molar-refractivity contribution in [2.24, 2.45) is 0 Å². The lowest BCUT2D eigenvalue weighted by molar-refractivity contribution is 0.313. The third-order valence-corrected chi connectivity index (χ3v) is 2.62. The smallest absolute Gasteiger partial charge is 0.151 e. The predicted molar refractivity (Wildman–Crippen MR) is 43.9 cm³/mol.